The maximum atomic E-state index is 11.3. The molecular formula is C12H18N4O3S. The van der Waals surface area contributed by atoms with E-state index in [9.17, 15) is 9.59 Å². The largest absolute Gasteiger partial charge is 0.481 e. The number of carbonyl (C=O) groups is 2. The molecule has 1 amide bonds. The van der Waals surface area contributed by atoms with Crippen molar-refractivity contribution in [1.82, 2.24) is 20.1 Å². The Morgan fingerprint density at radius 3 is 2.85 bits per heavy atom. The summed E-state index contributed by atoms with van der Waals surface area (Å²) in [6.45, 7) is 4.58. The zero-order valence-corrected chi connectivity index (χ0v) is 12.3. The zero-order valence-electron chi connectivity index (χ0n) is 11.5. The Kier molecular flexibility index (Phi) is 4.64. The van der Waals surface area contributed by atoms with E-state index in [1.54, 1.807) is 0 Å². The minimum atomic E-state index is -0.882. The van der Waals surface area contributed by atoms with Crippen LogP contribution in [0.15, 0.2) is 5.16 Å². The van der Waals surface area contributed by atoms with Crippen LogP contribution in [0, 0.1) is 0 Å². The van der Waals surface area contributed by atoms with Gasteiger partial charge in [-0.1, -0.05) is 25.6 Å². The molecule has 0 radical (unpaired) electrons. The first-order chi connectivity index (χ1) is 9.49. The third kappa shape index (κ3) is 3.30. The van der Waals surface area contributed by atoms with Crippen molar-refractivity contribution in [2.24, 2.45) is 0 Å². The van der Waals surface area contributed by atoms with Gasteiger partial charge < -0.3 is 15.0 Å². The maximum absolute atomic E-state index is 11.3. The third-order valence-corrected chi connectivity index (χ3v) is 4.06. The maximum Gasteiger partial charge on any atom is 0.313 e. The van der Waals surface area contributed by atoms with Crippen molar-refractivity contribution in [3.8, 4) is 0 Å². The van der Waals surface area contributed by atoms with E-state index in [0.717, 1.165) is 24.0 Å². The summed E-state index contributed by atoms with van der Waals surface area (Å²) in [5, 5.41) is 20.5. The Bertz CT molecular complexity index is 505. The minimum absolute atomic E-state index is 0.0463. The second-order valence-electron chi connectivity index (χ2n) is 5.04. The lowest BCUT2D eigenvalue weighted by atomic mass is 10.1. The van der Waals surface area contributed by atoms with Gasteiger partial charge >= 0.3 is 5.97 Å². The molecule has 20 heavy (non-hydrogen) atoms. The van der Waals surface area contributed by atoms with Crippen molar-refractivity contribution in [1.29, 1.82) is 0 Å². The quantitative estimate of drug-likeness (QED) is 0.788. The summed E-state index contributed by atoms with van der Waals surface area (Å²) in [6.07, 6.45) is 1.20. The van der Waals surface area contributed by atoms with E-state index in [1.807, 2.05) is 18.4 Å². The van der Waals surface area contributed by atoms with E-state index in [0.29, 0.717) is 18.1 Å². The van der Waals surface area contributed by atoms with Gasteiger partial charge in [-0.15, -0.1) is 10.2 Å². The van der Waals surface area contributed by atoms with Crippen LogP contribution in [-0.2, 0) is 9.59 Å². The SMILES string of the molecule is CC(C)c1nnc(SCC(=O)O)n1C1CCC(=O)NC1. The number of hydrogen-bond donors (Lipinski definition) is 2. The van der Waals surface area contributed by atoms with E-state index in [1.165, 1.54) is 0 Å². The molecule has 2 rings (SSSR count). The molecule has 1 unspecified atom stereocenters. The molecule has 1 aliphatic rings. The van der Waals surface area contributed by atoms with E-state index in [-0.39, 0.29) is 23.6 Å². The number of rotatable bonds is 5. The van der Waals surface area contributed by atoms with Crippen molar-refractivity contribution in [3.63, 3.8) is 0 Å². The topological polar surface area (TPSA) is 97.1 Å². The molecule has 1 aliphatic heterocycles. The standard InChI is InChI=1S/C12H18N4O3S/c1-7(2)11-14-15-12(20-6-10(18)19)16(11)8-3-4-9(17)13-5-8/h7-8H,3-6H2,1-2H3,(H,13,17)(H,18,19). The fraction of sp³-hybridized carbons (Fsp3) is 0.667. The summed E-state index contributed by atoms with van der Waals surface area (Å²) in [7, 11) is 0. The van der Waals surface area contributed by atoms with E-state index >= 15 is 0 Å². The van der Waals surface area contributed by atoms with E-state index < -0.39 is 5.97 Å². The van der Waals surface area contributed by atoms with Crippen LogP contribution in [0.3, 0.4) is 0 Å². The van der Waals surface area contributed by atoms with E-state index in [4.69, 9.17) is 5.11 Å². The molecular weight excluding hydrogens is 280 g/mol. The smallest absolute Gasteiger partial charge is 0.313 e. The average molecular weight is 298 g/mol. The highest BCUT2D eigenvalue weighted by Gasteiger charge is 2.26. The van der Waals surface area contributed by atoms with Gasteiger partial charge in [-0.2, -0.15) is 0 Å². The molecule has 8 heteroatoms. The molecule has 1 saturated heterocycles. The molecule has 0 bridgehead atoms. The summed E-state index contributed by atoms with van der Waals surface area (Å²) in [4.78, 5) is 22.0. The number of nitrogens with one attached hydrogen (secondary N) is 1. The summed E-state index contributed by atoms with van der Waals surface area (Å²) in [6, 6.07) is 0.0939. The molecule has 0 aromatic carbocycles. The van der Waals surface area contributed by atoms with Gasteiger partial charge in [0.15, 0.2) is 5.16 Å². The van der Waals surface area contributed by atoms with Crippen LogP contribution in [-0.4, -0.2) is 44.0 Å². The Hall–Kier alpha value is -1.57. The number of aromatic nitrogens is 3. The number of carboxylic acid groups (broad SMARTS) is 1. The summed E-state index contributed by atoms with van der Waals surface area (Å²) >= 11 is 1.16. The van der Waals surface area contributed by atoms with Crippen LogP contribution in [0.5, 0.6) is 0 Å². The van der Waals surface area contributed by atoms with Crippen LogP contribution in [0.4, 0.5) is 0 Å². The molecule has 0 spiro atoms. The number of hydrogen-bond acceptors (Lipinski definition) is 5. The van der Waals surface area contributed by atoms with Crippen molar-refractivity contribution in [2.45, 2.75) is 43.8 Å². The lowest BCUT2D eigenvalue weighted by molar-refractivity contribution is -0.134. The van der Waals surface area contributed by atoms with Gasteiger partial charge in [-0.25, -0.2) is 0 Å². The molecule has 2 N–H and O–H groups in total. The Labute approximate surface area is 121 Å². The van der Waals surface area contributed by atoms with Gasteiger partial charge in [-0.05, 0) is 6.42 Å². The number of aliphatic carboxylic acids is 1. The molecule has 1 aromatic heterocycles. The van der Waals surface area contributed by atoms with E-state index in [2.05, 4.69) is 15.5 Å². The minimum Gasteiger partial charge on any atom is -0.481 e. The number of piperidine rings is 1. The van der Waals surface area contributed by atoms with Crippen LogP contribution in [0.1, 0.15) is 44.5 Å². The number of nitrogens with zero attached hydrogens (tertiary/aromatic N) is 3. The fourth-order valence-corrected chi connectivity index (χ4v) is 2.92. The van der Waals surface area contributed by atoms with Crippen LogP contribution >= 0.6 is 11.8 Å². The first-order valence-electron chi connectivity index (χ1n) is 6.55. The third-order valence-electron chi connectivity index (χ3n) is 3.14. The van der Waals surface area contributed by atoms with Gasteiger partial charge in [0.25, 0.3) is 0 Å². The lowest BCUT2D eigenvalue weighted by Crippen LogP contribution is -2.37. The summed E-state index contributed by atoms with van der Waals surface area (Å²) < 4.78 is 1.98. The highest BCUT2D eigenvalue weighted by atomic mass is 32.2. The van der Waals surface area contributed by atoms with Crippen LogP contribution in [0.2, 0.25) is 0 Å². The van der Waals surface area contributed by atoms with Gasteiger partial charge in [0, 0.05) is 18.9 Å². The Morgan fingerprint density at radius 2 is 2.30 bits per heavy atom. The molecule has 1 aromatic rings. The number of carbonyl (C=O) groups excluding carboxylic acids is 1. The number of thioether (sulfide) groups is 1. The molecule has 0 aliphatic carbocycles. The summed E-state index contributed by atoms with van der Waals surface area (Å²) in [5.41, 5.74) is 0. The zero-order chi connectivity index (χ0) is 14.7. The van der Waals surface area contributed by atoms with Crippen molar-refractivity contribution in [2.75, 3.05) is 12.3 Å². The first kappa shape index (κ1) is 14.8. The number of amides is 1. The molecule has 110 valence electrons. The molecule has 2 heterocycles. The van der Waals surface area contributed by atoms with Crippen molar-refractivity contribution >= 4 is 23.6 Å². The predicted molar refractivity (Wildman–Crippen MR) is 73.8 cm³/mol. The van der Waals surface area contributed by atoms with Gasteiger partial charge in [0.1, 0.15) is 5.82 Å². The molecule has 1 atom stereocenters. The average Bonchev–Trinajstić information content (AvgIpc) is 2.81. The summed E-state index contributed by atoms with van der Waals surface area (Å²) in [5.74, 6) is 0.154. The van der Waals surface area contributed by atoms with Gasteiger partial charge in [-0.3, -0.25) is 9.59 Å². The number of carboxylic acids is 1. The highest BCUT2D eigenvalue weighted by molar-refractivity contribution is 7.99. The monoisotopic (exact) mass is 298 g/mol. The molecule has 7 nitrogen and oxygen atoms in total. The predicted octanol–water partition coefficient (Wildman–Crippen LogP) is 1.03. The van der Waals surface area contributed by atoms with Gasteiger partial charge in [0.2, 0.25) is 5.91 Å². The second-order valence-corrected chi connectivity index (χ2v) is 5.99. The Morgan fingerprint density at radius 1 is 1.55 bits per heavy atom. The van der Waals surface area contributed by atoms with Crippen molar-refractivity contribution < 1.29 is 14.7 Å². The fourth-order valence-electron chi connectivity index (χ4n) is 2.19. The van der Waals surface area contributed by atoms with Gasteiger partial charge in [0.05, 0.1) is 11.8 Å². The normalized spacial score (nSPS) is 19.1. The highest BCUT2D eigenvalue weighted by Crippen LogP contribution is 2.28. The van der Waals surface area contributed by atoms with Crippen LogP contribution < -0.4 is 5.32 Å². The Balaban J connectivity index is 2.24. The van der Waals surface area contributed by atoms with Crippen molar-refractivity contribution in [3.05, 3.63) is 5.82 Å². The van der Waals surface area contributed by atoms with Crippen LogP contribution in [0.25, 0.3) is 0 Å². The lowest BCUT2D eigenvalue weighted by Gasteiger charge is -2.26. The second kappa shape index (κ2) is 6.25. The molecule has 0 saturated carbocycles. The molecule has 1 fully saturated rings. The first-order valence-corrected chi connectivity index (χ1v) is 7.53.